The lowest BCUT2D eigenvalue weighted by molar-refractivity contribution is -0.114. The molecule has 0 aromatic carbocycles. The van der Waals surface area contributed by atoms with Gasteiger partial charge in [-0.25, -0.2) is 14.8 Å². The number of allylic oxidation sites excluding steroid dienone is 2. The van der Waals surface area contributed by atoms with E-state index in [0.29, 0.717) is 31.7 Å². The molecule has 0 saturated carbocycles. The number of hydrogen-bond acceptors (Lipinski definition) is 6. The smallest absolute Gasteiger partial charge is 0.317 e. The highest BCUT2D eigenvalue weighted by atomic mass is 16.2. The number of aromatic amines is 1. The Hall–Kier alpha value is -3.95. The molecule has 1 fully saturated rings. The molecule has 3 atom stereocenters. The molecule has 0 bridgehead atoms. The van der Waals surface area contributed by atoms with Gasteiger partial charge in [-0.15, -0.1) is 0 Å². The van der Waals surface area contributed by atoms with Crippen LogP contribution in [0.3, 0.4) is 0 Å². The van der Waals surface area contributed by atoms with Gasteiger partial charge in [-0.1, -0.05) is 32.9 Å². The third-order valence-corrected chi connectivity index (χ3v) is 9.16. The zero-order valence-electron chi connectivity index (χ0n) is 24.4. The van der Waals surface area contributed by atoms with Crippen LogP contribution >= 0.6 is 0 Å². The summed E-state index contributed by atoms with van der Waals surface area (Å²) >= 11 is 0. The SMILES string of the molecule is CC1=CC2C[C@@H](NC(=O)N3CCC(C=O)(c4cccnc4N)CC3)c3ncc(CC(C)(C)C)n3CC2c2cn[nH]c21. The van der Waals surface area contributed by atoms with Gasteiger partial charge in [-0.2, -0.15) is 5.10 Å². The molecule has 3 aromatic rings. The minimum Gasteiger partial charge on any atom is -0.383 e. The van der Waals surface area contributed by atoms with Crippen molar-refractivity contribution in [3.8, 4) is 0 Å². The van der Waals surface area contributed by atoms with E-state index in [2.05, 4.69) is 58.8 Å². The van der Waals surface area contributed by atoms with E-state index in [0.717, 1.165) is 42.8 Å². The summed E-state index contributed by atoms with van der Waals surface area (Å²) in [5.74, 6) is 1.77. The zero-order valence-corrected chi connectivity index (χ0v) is 24.4. The molecule has 4 N–H and O–H groups in total. The van der Waals surface area contributed by atoms with Gasteiger partial charge in [0.1, 0.15) is 17.9 Å². The van der Waals surface area contributed by atoms with E-state index in [1.165, 1.54) is 16.8 Å². The standard InChI is InChI=1S/C31H40N8O2/c1-19-12-20-13-25(36-29(41)38-10-7-31(18-40,8-11-38)24-6-5-9-33-27(24)32)28-34-15-21(14-30(2,3)4)39(28)17-23(20)22-16-35-37-26(19)22/h5-6,9,12,15-16,18,20,23,25H,7-8,10-11,13-14,17H2,1-4H3,(H2,32,33)(H,35,37)(H,36,41)/t20?,23?,25-/m1/s1. The van der Waals surface area contributed by atoms with Crippen LogP contribution in [0.1, 0.15) is 87.3 Å². The number of pyridine rings is 1. The molecular weight excluding hydrogens is 516 g/mol. The van der Waals surface area contributed by atoms with Gasteiger partial charge in [-0.05, 0) is 55.6 Å². The fraction of sp³-hybridized carbons (Fsp3) is 0.516. The highest BCUT2D eigenvalue weighted by Crippen LogP contribution is 2.45. The number of piperidine rings is 1. The van der Waals surface area contributed by atoms with Crippen molar-refractivity contribution in [3.63, 3.8) is 0 Å². The first-order valence-electron chi connectivity index (χ1n) is 14.6. The molecule has 2 aliphatic heterocycles. The maximum absolute atomic E-state index is 13.7. The minimum absolute atomic E-state index is 0.0989. The van der Waals surface area contributed by atoms with Crippen LogP contribution in [-0.4, -0.2) is 55.0 Å². The van der Waals surface area contributed by atoms with Gasteiger partial charge >= 0.3 is 6.03 Å². The summed E-state index contributed by atoms with van der Waals surface area (Å²) in [5, 5.41) is 10.9. The number of carbonyl (C=O) groups excluding carboxylic acids is 2. The fourth-order valence-corrected chi connectivity index (χ4v) is 7.05. The van der Waals surface area contributed by atoms with E-state index >= 15 is 0 Å². The predicted octanol–water partition coefficient (Wildman–Crippen LogP) is 4.38. The number of amides is 2. The number of H-pyrrole nitrogens is 1. The molecular formula is C31H40N8O2. The Morgan fingerprint density at radius 3 is 2.73 bits per heavy atom. The second kappa shape index (κ2) is 10.2. The number of anilines is 1. The van der Waals surface area contributed by atoms with Gasteiger partial charge < -0.3 is 25.3 Å². The highest BCUT2D eigenvalue weighted by Gasteiger charge is 2.41. The summed E-state index contributed by atoms with van der Waals surface area (Å²) in [5.41, 5.74) is 11.0. The zero-order chi connectivity index (χ0) is 28.9. The number of nitrogens with zero attached hydrogens (tertiary/aromatic N) is 5. The number of nitrogens with one attached hydrogen (secondary N) is 2. The van der Waals surface area contributed by atoms with Crippen molar-refractivity contribution in [1.29, 1.82) is 0 Å². The maximum atomic E-state index is 13.7. The molecule has 10 nitrogen and oxygen atoms in total. The predicted molar refractivity (Wildman–Crippen MR) is 157 cm³/mol. The van der Waals surface area contributed by atoms with Crippen LogP contribution in [0, 0.1) is 11.3 Å². The molecule has 6 rings (SSSR count). The van der Waals surface area contributed by atoms with E-state index in [1.54, 1.807) is 12.3 Å². The van der Waals surface area contributed by atoms with Crippen molar-refractivity contribution in [2.75, 3.05) is 18.8 Å². The number of fused-ring (bicyclic) bond motifs is 4. The third-order valence-electron chi connectivity index (χ3n) is 9.16. The third kappa shape index (κ3) is 4.93. The number of imidazole rings is 1. The monoisotopic (exact) mass is 556 g/mol. The topological polar surface area (TPSA) is 135 Å². The average molecular weight is 557 g/mol. The number of nitrogen functional groups attached to an aromatic ring is 1. The summed E-state index contributed by atoms with van der Waals surface area (Å²) in [6.07, 6.45) is 11.5. The van der Waals surface area contributed by atoms with Crippen LogP contribution in [0.25, 0.3) is 5.57 Å². The number of aromatic nitrogens is 5. The van der Waals surface area contributed by atoms with Crippen molar-refractivity contribution in [3.05, 3.63) is 65.1 Å². The fourth-order valence-electron chi connectivity index (χ4n) is 7.05. The Morgan fingerprint density at radius 1 is 1.24 bits per heavy atom. The number of hydrogen-bond donors (Lipinski definition) is 3. The van der Waals surface area contributed by atoms with Crippen LogP contribution in [0.4, 0.5) is 10.6 Å². The molecule has 1 aliphatic carbocycles. The van der Waals surface area contributed by atoms with E-state index in [9.17, 15) is 9.59 Å². The molecule has 2 amide bonds. The van der Waals surface area contributed by atoms with E-state index in [1.807, 2.05) is 23.4 Å². The molecule has 3 aliphatic rings. The number of nitrogens with two attached hydrogens (primary N) is 1. The lowest BCUT2D eigenvalue weighted by Crippen LogP contribution is -2.50. The van der Waals surface area contributed by atoms with Crippen molar-refractivity contribution < 1.29 is 9.59 Å². The molecule has 3 aromatic heterocycles. The molecule has 0 spiro atoms. The van der Waals surface area contributed by atoms with Gasteiger partial charge in [0.05, 0.1) is 23.3 Å². The summed E-state index contributed by atoms with van der Waals surface area (Å²) in [7, 11) is 0. The van der Waals surface area contributed by atoms with Crippen molar-refractivity contribution in [1.82, 2.24) is 34.9 Å². The summed E-state index contributed by atoms with van der Waals surface area (Å²) in [4.78, 5) is 36.9. The second-order valence-corrected chi connectivity index (χ2v) is 13.2. The minimum atomic E-state index is -0.727. The Balaban J connectivity index is 1.26. The van der Waals surface area contributed by atoms with Crippen molar-refractivity contribution >= 4 is 23.7 Å². The first kappa shape index (κ1) is 27.2. The van der Waals surface area contributed by atoms with Crippen LogP contribution in [0.2, 0.25) is 0 Å². The Morgan fingerprint density at radius 2 is 2.02 bits per heavy atom. The Bertz CT molecular complexity index is 1490. The Labute approximate surface area is 240 Å². The summed E-state index contributed by atoms with van der Waals surface area (Å²) in [6, 6.07) is 3.31. The molecule has 0 radical (unpaired) electrons. The van der Waals surface area contributed by atoms with Crippen molar-refractivity contribution in [2.24, 2.45) is 11.3 Å². The first-order chi connectivity index (χ1) is 19.6. The largest absolute Gasteiger partial charge is 0.383 e. The van der Waals surface area contributed by atoms with Crippen LogP contribution in [0.5, 0.6) is 0 Å². The van der Waals surface area contributed by atoms with Crippen LogP contribution < -0.4 is 11.1 Å². The van der Waals surface area contributed by atoms with Gasteiger partial charge in [0.25, 0.3) is 0 Å². The van der Waals surface area contributed by atoms with Crippen LogP contribution in [-0.2, 0) is 23.2 Å². The maximum Gasteiger partial charge on any atom is 0.317 e. The number of carbonyl (C=O) groups is 2. The summed E-state index contributed by atoms with van der Waals surface area (Å²) < 4.78 is 2.34. The lowest BCUT2D eigenvalue weighted by atomic mass is 9.74. The van der Waals surface area contributed by atoms with Gasteiger partial charge in [0.15, 0.2) is 0 Å². The van der Waals surface area contributed by atoms with Gasteiger partial charge in [-0.3, -0.25) is 5.10 Å². The van der Waals surface area contributed by atoms with E-state index in [4.69, 9.17) is 10.7 Å². The molecule has 216 valence electrons. The van der Waals surface area contributed by atoms with Crippen LogP contribution in [0.15, 0.2) is 36.8 Å². The molecule has 10 heteroatoms. The molecule has 2 unspecified atom stereocenters. The number of rotatable bonds is 4. The second-order valence-electron chi connectivity index (χ2n) is 13.2. The molecule has 1 saturated heterocycles. The number of aldehydes is 1. The number of likely N-dealkylation sites (tertiary alicyclic amines) is 1. The quantitative estimate of drug-likeness (QED) is 0.408. The van der Waals surface area contributed by atoms with Crippen molar-refractivity contribution in [2.45, 2.75) is 77.3 Å². The Kier molecular flexibility index (Phi) is 6.74. The lowest BCUT2D eigenvalue weighted by Gasteiger charge is -2.39. The first-order valence-corrected chi connectivity index (χ1v) is 14.6. The highest BCUT2D eigenvalue weighted by molar-refractivity contribution is 5.77. The molecule has 5 heterocycles. The van der Waals surface area contributed by atoms with E-state index < -0.39 is 5.41 Å². The normalized spacial score (nSPS) is 23.5. The van der Waals surface area contributed by atoms with Gasteiger partial charge in [0, 0.05) is 54.8 Å². The van der Waals surface area contributed by atoms with E-state index in [-0.39, 0.29) is 29.3 Å². The number of urea groups is 1. The van der Waals surface area contributed by atoms with Gasteiger partial charge in [0.2, 0.25) is 0 Å². The summed E-state index contributed by atoms with van der Waals surface area (Å²) in [6.45, 7) is 10.5. The average Bonchev–Trinajstić information content (AvgIpc) is 3.54. The molecule has 41 heavy (non-hydrogen) atoms.